The molecule has 0 aromatic carbocycles. The molecule has 4 heteroatoms. The Morgan fingerprint density at radius 3 is 2.80 bits per heavy atom. The summed E-state index contributed by atoms with van der Waals surface area (Å²) in [5.41, 5.74) is -0.00306. The molecule has 2 rings (SSSR count). The number of imidazole rings is 1. The molecule has 1 aliphatic heterocycles. The van der Waals surface area contributed by atoms with Gasteiger partial charge in [-0.15, -0.1) is 0 Å². The minimum absolute atomic E-state index is 0.00306. The van der Waals surface area contributed by atoms with E-state index in [0.29, 0.717) is 6.04 Å². The third kappa shape index (κ3) is 3.42. The minimum Gasteiger partial charge on any atom is -0.317 e. The Bertz CT molecular complexity index is 578. The average molecular weight is 277 g/mol. The Balaban J connectivity index is 2.25. The van der Waals surface area contributed by atoms with E-state index in [1.165, 1.54) is 12.8 Å². The van der Waals surface area contributed by atoms with E-state index in [4.69, 9.17) is 0 Å². The van der Waals surface area contributed by atoms with Crippen LogP contribution in [0.5, 0.6) is 0 Å². The molecule has 112 valence electrons. The predicted octanol–water partition coefficient (Wildman–Crippen LogP) is 1.12. The zero-order valence-corrected chi connectivity index (χ0v) is 12.7. The molecule has 2 heterocycles. The number of hydrogen-bond acceptors (Lipinski definition) is 2. The molecule has 1 aromatic heterocycles. The van der Waals surface area contributed by atoms with E-state index in [9.17, 15) is 4.79 Å². The maximum absolute atomic E-state index is 12.1. The largest absolute Gasteiger partial charge is 0.326 e. The molecule has 1 aromatic rings. The van der Waals surface area contributed by atoms with Gasteiger partial charge >= 0.3 is 5.69 Å². The highest BCUT2D eigenvalue weighted by Crippen LogP contribution is 2.14. The van der Waals surface area contributed by atoms with Gasteiger partial charge < -0.3 is 10.3 Å². The van der Waals surface area contributed by atoms with Gasteiger partial charge in [0.1, 0.15) is 0 Å². The second kappa shape index (κ2) is 6.93. The maximum atomic E-state index is 12.1. The van der Waals surface area contributed by atoms with Crippen LogP contribution in [0, 0.1) is 5.92 Å². The van der Waals surface area contributed by atoms with Crippen molar-refractivity contribution in [2.75, 3.05) is 13.1 Å². The lowest BCUT2D eigenvalue weighted by Gasteiger charge is -2.23. The third-order valence-corrected chi connectivity index (χ3v) is 4.41. The number of aromatic amines is 1. The zero-order valence-electron chi connectivity index (χ0n) is 12.7. The van der Waals surface area contributed by atoms with Gasteiger partial charge in [-0.3, -0.25) is 4.57 Å². The summed E-state index contributed by atoms with van der Waals surface area (Å²) in [6.45, 7) is 10.5. The van der Waals surface area contributed by atoms with E-state index in [2.05, 4.69) is 36.8 Å². The lowest BCUT2D eigenvalue weighted by atomic mass is 10.0. The number of hydrogen-bond donors (Lipinski definition) is 2. The van der Waals surface area contributed by atoms with Crippen LogP contribution >= 0.6 is 0 Å². The van der Waals surface area contributed by atoms with Gasteiger partial charge in [-0.25, -0.2) is 4.79 Å². The smallest absolute Gasteiger partial charge is 0.317 e. The van der Waals surface area contributed by atoms with E-state index < -0.39 is 0 Å². The van der Waals surface area contributed by atoms with Crippen LogP contribution in [-0.2, 0) is 0 Å². The van der Waals surface area contributed by atoms with Crippen molar-refractivity contribution in [3.8, 4) is 0 Å². The molecule has 0 aliphatic carbocycles. The fraction of sp³-hybridized carbons (Fsp3) is 0.688. The van der Waals surface area contributed by atoms with E-state index in [1.54, 1.807) is 0 Å². The Morgan fingerprint density at radius 1 is 1.45 bits per heavy atom. The highest BCUT2D eigenvalue weighted by atomic mass is 16.1. The molecular formula is C16H27N3O. The lowest BCUT2D eigenvalue weighted by molar-refractivity contribution is 0.356. The molecule has 1 saturated heterocycles. The van der Waals surface area contributed by atoms with Gasteiger partial charge in [0.25, 0.3) is 0 Å². The zero-order chi connectivity index (χ0) is 14.5. The Hall–Kier alpha value is -1.29. The van der Waals surface area contributed by atoms with Crippen molar-refractivity contribution in [2.24, 2.45) is 5.92 Å². The molecule has 1 aliphatic rings. The van der Waals surface area contributed by atoms with Crippen molar-refractivity contribution in [3.63, 3.8) is 0 Å². The first-order valence-electron chi connectivity index (χ1n) is 7.83. The quantitative estimate of drug-likeness (QED) is 0.847. The summed E-state index contributed by atoms with van der Waals surface area (Å²) >= 11 is 0. The molecular weight excluding hydrogens is 250 g/mol. The summed E-state index contributed by atoms with van der Waals surface area (Å²) in [5.74, 6) is 0.734. The van der Waals surface area contributed by atoms with E-state index in [-0.39, 0.29) is 5.69 Å². The molecule has 1 unspecified atom stereocenters. The van der Waals surface area contributed by atoms with Gasteiger partial charge in [0.2, 0.25) is 0 Å². The summed E-state index contributed by atoms with van der Waals surface area (Å²) in [6.07, 6.45) is 7.61. The summed E-state index contributed by atoms with van der Waals surface area (Å²) in [4.78, 5) is 15.0. The van der Waals surface area contributed by atoms with Crippen molar-refractivity contribution >= 4 is 12.7 Å². The molecule has 0 bridgehead atoms. The lowest BCUT2D eigenvalue weighted by Crippen LogP contribution is -2.39. The highest BCUT2D eigenvalue weighted by Gasteiger charge is 2.17. The predicted molar refractivity (Wildman–Crippen MR) is 84.1 cm³/mol. The second-order valence-corrected chi connectivity index (χ2v) is 5.94. The molecule has 1 fully saturated rings. The Labute approximate surface area is 120 Å². The number of aromatic nitrogens is 2. The first kappa shape index (κ1) is 15.1. The molecule has 0 radical (unpaired) electrons. The van der Waals surface area contributed by atoms with Crippen LogP contribution < -0.4 is 21.7 Å². The third-order valence-electron chi connectivity index (χ3n) is 4.41. The van der Waals surface area contributed by atoms with Crippen molar-refractivity contribution < 1.29 is 0 Å². The first-order valence-corrected chi connectivity index (χ1v) is 7.83. The van der Waals surface area contributed by atoms with Crippen molar-refractivity contribution in [1.82, 2.24) is 14.9 Å². The second-order valence-electron chi connectivity index (χ2n) is 5.94. The van der Waals surface area contributed by atoms with Crippen LogP contribution in [0.3, 0.4) is 0 Å². The monoisotopic (exact) mass is 277 g/mol. The van der Waals surface area contributed by atoms with E-state index in [0.717, 1.165) is 49.0 Å². The van der Waals surface area contributed by atoms with Gasteiger partial charge in [0, 0.05) is 6.04 Å². The van der Waals surface area contributed by atoms with Crippen molar-refractivity contribution in [3.05, 3.63) is 21.2 Å². The molecule has 0 amide bonds. The molecule has 0 saturated carbocycles. The number of nitrogens with zero attached hydrogens (tertiary/aromatic N) is 1. The average Bonchev–Trinajstić information content (AvgIpc) is 2.74. The SMILES string of the molecule is C=c1[nH]c(=O)n(C2CCNCC2)/c1=C/CCC(C)CC. The summed E-state index contributed by atoms with van der Waals surface area (Å²) in [7, 11) is 0. The number of rotatable bonds is 5. The van der Waals surface area contributed by atoms with Crippen molar-refractivity contribution in [2.45, 2.75) is 52.0 Å². The summed E-state index contributed by atoms with van der Waals surface area (Å²) in [6, 6.07) is 0.311. The molecule has 20 heavy (non-hydrogen) atoms. The standard InChI is InChI=1S/C16H27N3O/c1-4-12(2)6-5-7-15-13(3)18-16(20)19(15)14-8-10-17-11-9-14/h7,12,14,17H,3-6,8-11H2,1-2H3,(H,18,20)/b15-7+. The van der Waals surface area contributed by atoms with Gasteiger partial charge in [0.15, 0.2) is 0 Å². The Kier molecular flexibility index (Phi) is 5.24. The van der Waals surface area contributed by atoms with Crippen LogP contribution in [0.4, 0.5) is 0 Å². The fourth-order valence-corrected chi connectivity index (χ4v) is 2.87. The van der Waals surface area contributed by atoms with Gasteiger partial charge in [-0.1, -0.05) is 32.9 Å². The van der Waals surface area contributed by atoms with Crippen LogP contribution in [0.1, 0.15) is 52.0 Å². The highest BCUT2D eigenvalue weighted by molar-refractivity contribution is 5.20. The maximum Gasteiger partial charge on any atom is 0.326 e. The molecule has 2 N–H and O–H groups in total. The topological polar surface area (TPSA) is 49.8 Å². The fourth-order valence-electron chi connectivity index (χ4n) is 2.87. The minimum atomic E-state index is -0.00306. The first-order chi connectivity index (χ1) is 9.63. The number of H-pyrrole nitrogens is 1. The van der Waals surface area contributed by atoms with Crippen LogP contribution in [-0.4, -0.2) is 22.6 Å². The van der Waals surface area contributed by atoms with Crippen LogP contribution in [0.15, 0.2) is 4.79 Å². The van der Waals surface area contributed by atoms with Gasteiger partial charge in [0.05, 0.1) is 10.7 Å². The van der Waals surface area contributed by atoms with Gasteiger partial charge in [-0.2, -0.15) is 0 Å². The van der Waals surface area contributed by atoms with E-state index >= 15 is 0 Å². The normalized spacial score (nSPS) is 19.4. The Morgan fingerprint density at radius 2 is 2.15 bits per heavy atom. The molecule has 0 spiro atoms. The van der Waals surface area contributed by atoms with E-state index in [1.807, 2.05) is 4.57 Å². The number of piperidine rings is 1. The number of nitrogens with one attached hydrogen (secondary N) is 2. The van der Waals surface area contributed by atoms with Gasteiger partial charge in [-0.05, 0) is 44.7 Å². The van der Waals surface area contributed by atoms with Crippen LogP contribution in [0.25, 0.3) is 12.7 Å². The molecule has 4 nitrogen and oxygen atoms in total. The van der Waals surface area contributed by atoms with Crippen molar-refractivity contribution in [1.29, 1.82) is 0 Å². The molecule has 1 atom stereocenters. The summed E-state index contributed by atoms with van der Waals surface area (Å²) in [5, 5.41) is 5.11. The summed E-state index contributed by atoms with van der Waals surface area (Å²) < 4.78 is 1.93. The van der Waals surface area contributed by atoms with Crippen LogP contribution in [0.2, 0.25) is 0 Å².